The maximum absolute atomic E-state index is 13.3. The van der Waals surface area contributed by atoms with Crippen LogP contribution in [0.2, 0.25) is 0 Å². The van der Waals surface area contributed by atoms with Crippen molar-refractivity contribution in [2.75, 3.05) is 5.32 Å². The molecule has 0 aliphatic heterocycles. The van der Waals surface area contributed by atoms with Crippen LogP contribution in [0, 0.1) is 12.7 Å². The van der Waals surface area contributed by atoms with Crippen LogP contribution < -0.4 is 11.1 Å². The van der Waals surface area contributed by atoms with Crippen LogP contribution in [-0.2, 0) is 6.42 Å². The molecule has 2 aromatic rings. The second-order valence-corrected chi connectivity index (χ2v) is 5.44. The van der Waals surface area contributed by atoms with E-state index in [1.165, 1.54) is 6.07 Å². The minimum absolute atomic E-state index is 0. The lowest BCUT2D eigenvalue weighted by atomic mass is 10.0. The van der Waals surface area contributed by atoms with E-state index in [-0.39, 0.29) is 30.2 Å². The van der Waals surface area contributed by atoms with Gasteiger partial charge in [0.25, 0.3) is 5.91 Å². The fraction of sp³-hybridized carbons (Fsp3) is 0.235. The standard InChI is InChI=1S/C17H17FN2O.ClH/c1-10-9-11(5-7-15(10)18)20-17(21)14-4-2-3-13-12(14)6-8-16(13)19;/h2-5,7,9,16H,6,8,19H2,1H3,(H,20,21);1H/t16-;/m0./s1. The molecule has 5 heteroatoms. The molecule has 3 rings (SSSR count). The van der Waals surface area contributed by atoms with Crippen molar-refractivity contribution in [3.05, 3.63) is 64.5 Å². The first-order chi connectivity index (χ1) is 10.1. The zero-order valence-corrected chi connectivity index (χ0v) is 13.0. The SMILES string of the molecule is Cc1cc(NC(=O)c2cccc3c2CC[C@@H]3N)ccc1F.Cl. The van der Waals surface area contributed by atoms with Crippen LogP contribution in [0.15, 0.2) is 36.4 Å². The van der Waals surface area contributed by atoms with Crippen molar-refractivity contribution in [3.63, 3.8) is 0 Å². The highest BCUT2D eigenvalue weighted by atomic mass is 35.5. The quantitative estimate of drug-likeness (QED) is 0.885. The van der Waals surface area contributed by atoms with E-state index < -0.39 is 0 Å². The van der Waals surface area contributed by atoms with E-state index in [0.717, 1.165) is 24.0 Å². The molecule has 3 N–H and O–H groups in total. The molecule has 0 radical (unpaired) electrons. The zero-order valence-electron chi connectivity index (χ0n) is 12.2. The van der Waals surface area contributed by atoms with Crippen molar-refractivity contribution >= 4 is 24.0 Å². The van der Waals surface area contributed by atoms with E-state index in [1.807, 2.05) is 18.2 Å². The molecule has 0 saturated heterocycles. The number of amides is 1. The minimum Gasteiger partial charge on any atom is -0.324 e. The van der Waals surface area contributed by atoms with Gasteiger partial charge in [0.05, 0.1) is 0 Å². The summed E-state index contributed by atoms with van der Waals surface area (Å²) in [7, 11) is 0. The first-order valence-electron chi connectivity index (χ1n) is 7.01. The van der Waals surface area contributed by atoms with Crippen molar-refractivity contribution < 1.29 is 9.18 Å². The molecule has 0 aromatic heterocycles. The van der Waals surface area contributed by atoms with Crippen LogP contribution in [0.5, 0.6) is 0 Å². The van der Waals surface area contributed by atoms with Crippen LogP contribution in [0.4, 0.5) is 10.1 Å². The lowest BCUT2D eigenvalue weighted by Gasteiger charge is -2.11. The molecular formula is C17H18ClFN2O. The van der Waals surface area contributed by atoms with Gasteiger partial charge in [-0.1, -0.05) is 12.1 Å². The summed E-state index contributed by atoms with van der Waals surface area (Å²) >= 11 is 0. The summed E-state index contributed by atoms with van der Waals surface area (Å²) < 4.78 is 13.3. The van der Waals surface area contributed by atoms with Gasteiger partial charge in [0.2, 0.25) is 0 Å². The Hall–Kier alpha value is -1.91. The second-order valence-electron chi connectivity index (χ2n) is 5.44. The van der Waals surface area contributed by atoms with Crippen LogP contribution in [0.1, 0.15) is 39.5 Å². The van der Waals surface area contributed by atoms with Gasteiger partial charge >= 0.3 is 0 Å². The molecule has 1 amide bonds. The Kier molecular flexibility index (Phi) is 4.84. The largest absolute Gasteiger partial charge is 0.324 e. The Balaban J connectivity index is 0.00000176. The highest BCUT2D eigenvalue weighted by Gasteiger charge is 2.24. The molecule has 116 valence electrons. The number of carbonyl (C=O) groups excluding carboxylic acids is 1. The topological polar surface area (TPSA) is 55.1 Å². The first-order valence-corrected chi connectivity index (χ1v) is 7.01. The van der Waals surface area contributed by atoms with Crippen molar-refractivity contribution in [1.82, 2.24) is 0 Å². The van der Waals surface area contributed by atoms with Gasteiger partial charge in [-0.05, 0) is 60.7 Å². The summed E-state index contributed by atoms with van der Waals surface area (Å²) in [5.41, 5.74) is 9.87. The van der Waals surface area contributed by atoms with Gasteiger partial charge in [0.1, 0.15) is 5.82 Å². The molecule has 1 aliphatic carbocycles. The maximum atomic E-state index is 13.3. The minimum atomic E-state index is -0.278. The van der Waals surface area contributed by atoms with Gasteiger partial charge in [-0.3, -0.25) is 4.79 Å². The Bertz CT molecular complexity index is 718. The van der Waals surface area contributed by atoms with Gasteiger partial charge in [-0.25, -0.2) is 4.39 Å². The van der Waals surface area contributed by atoms with E-state index in [9.17, 15) is 9.18 Å². The van der Waals surface area contributed by atoms with Crippen molar-refractivity contribution in [1.29, 1.82) is 0 Å². The Morgan fingerprint density at radius 3 is 2.82 bits per heavy atom. The van der Waals surface area contributed by atoms with E-state index in [4.69, 9.17) is 5.73 Å². The van der Waals surface area contributed by atoms with Crippen molar-refractivity contribution in [3.8, 4) is 0 Å². The third-order valence-corrected chi connectivity index (χ3v) is 3.98. The summed E-state index contributed by atoms with van der Waals surface area (Å²) in [6, 6.07) is 10.2. The first kappa shape index (κ1) is 16.5. The van der Waals surface area contributed by atoms with E-state index in [0.29, 0.717) is 16.8 Å². The molecule has 22 heavy (non-hydrogen) atoms. The Labute approximate surface area is 135 Å². The average molecular weight is 321 g/mol. The normalized spacial score (nSPS) is 15.9. The van der Waals surface area contributed by atoms with Gasteiger partial charge < -0.3 is 11.1 Å². The number of aryl methyl sites for hydroxylation is 1. The van der Waals surface area contributed by atoms with Crippen LogP contribution in [-0.4, -0.2) is 5.91 Å². The van der Waals surface area contributed by atoms with Gasteiger partial charge in [-0.15, -0.1) is 12.4 Å². The monoisotopic (exact) mass is 320 g/mol. The molecule has 0 spiro atoms. The molecule has 0 heterocycles. The lowest BCUT2D eigenvalue weighted by Crippen LogP contribution is -2.15. The Morgan fingerprint density at radius 1 is 1.32 bits per heavy atom. The predicted octanol–water partition coefficient (Wildman–Crippen LogP) is 3.75. The fourth-order valence-electron chi connectivity index (χ4n) is 2.82. The average Bonchev–Trinajstić information content (AvgIpc) is 2.85. The van der Waals surface area contributed by atoms with E-state index in [2.05, 4.69) is 5.32 Å². The second kappa shape index (κ2) is 6.46. The smallest absolute Gasteiger partial charge is 0.255 e. The third kappa shape index (κ3) is 2.98. The molecule has 0 unspecified atom stereocenters. The number of benzene rings is 2. The number of fused-ring (bicyclic) bond motifs is 1. The maximum Gasteiger partial charge on any atom is 0.255 e. The number of halogens is 2. The molecule has 3 nitrogen and oxygen atoms in total. The molecular weight excluding hydrogens is 303 g/mol. The van der Waals surface area contributed by atoms with Gasteiger partial charge in [-0.2, -0.15) is 0 Å². The van der Waals surface area contributed by atoms with Gasteiger partial charge in [0.15, 0.2) is 0 Å². The lowest BCUT2D eigenvalue weighted by molar-refractivity contribution is 0.102. The summed E-state index contributed by atoms with van der Waals surface area (Å²) in [6.45, 7) is 1.67. The summed E-state index contributed by atoms with van der Waals surface area (Å²) in [4.78, 5) is 12.4. The van der Waals surface area contributed by atoms with Crippen LogP contribution >= 0.6 is 12.4 Å². The number of nitrogens with two attached hydrogens (primary N) is 1. The molecule has 1 atom stereocenters. The number of hydrogen-bond donors (Lipinski definition) is 2. The van der Waals surface area contributed by atoms with E-state index in [1.54, 1.807) is 19.1 Å². The van der Waals surface area contributed by atoms with E-state index >= 15 is 0 Å². The zero-order chi connectivity index (χ0) is 15.0. The summed E-state index contributed by atoms with van der Waals surface area (Å²) in [5.74, 6) is -0.452. The van der Waals surface area contributed by atoms with Crippen LogP contribution in [0.25, 0.3) is 0 Å². The number of rotatable bonds is 2. The number of hydrogen-bond acceptors (Lipinski definition) is 2. The Morgan fingerprint density at radius 2 is 2.09 bits per heavy atom. The highest BCUT2D eigenvalue weighted by Crippen LogP contribution is 2.31. The molecule has 0 saturated carbocycles. The molecule has 1 aliphatic rings. The summed E-state index contributed by atoms with van der Waals surface area (Å²) in [5, 5.41) is 2.82. The fourth-order valence-corrected chi connectivity index (χ4v) is 2.82. The third-order valence-electron chi connectivity index (χ3n) is 3.98. The number of carbonyl (C=O) groups is 1. The van der Waals surface area contributed by atoms with Crippen LogP contribution in [0.3, 0.4) is 0 Å². The summed E-state index contributed by atoms with van der Waals surface area (Å²) in [6.07, 6.45) is 1.69. The number of nitrogens with one attached hydrogen (secondary N) is 1. The molecule has 2 aromatic carbocycles. The highest BCUT2D eigenvalue weighted by molar-refractivity contribution is 6.05. The predicted molar refractivity (Wildman–Crippen MR) is 88.0 cm³/mol. The molecule has 0 bridgehead atoms. The van der Waals surface area contributed by atoms with Gasteiger partial charge in [0, 0.05) is 17.3 Å². The van der Waals surface area contributed by atoms with Crippen molar-refractivity contribution in [2.24, 2.45) is 5.73 Å². The molecule has 0 fully saturated rings. The number of anilines is 1. The van der Waals surface area contributed by atoms with Crippen molar-refractivity contribution in [2.45, 2.75) is 25.8 Å².